The lowest BCUT2D eigenvalue weighted by Crippen LogP contribution is -2.50. The predicted octanol–water partition coefficient (Wildman–Crippen LogP) is 3.49. The number of aromatic nitrogens is 2. The highest BCUT2D eigenvalue weighted by Crippen LogP contribution is 2.19. The zero-order chi connectivity index (χ0) is 20.9. The van der Waals surface area contributed by atoms with Crippen LogP contribution in [0, 0.1) is 13.8 Å². The van der Waals surface area contributed by atoms with Crippen molar-refractivity contribution in [3.63, 3.8) is 0 Å². The molecule has 0 N–H and O–H groups in total. The summed E-state index contributed by atoms with van der Waals surface area (Å²) in [6.45, 7) is 6.87. The van der Waals surface area contributed by atoms with E-state index in [1.165, 1.54) is 0 Å². The molecule has 2 heterocycles. The van der Waals surface area contributed by atoms with Crippen LogP contribution < -0.4 is 9.64 Å². The van der Waals surface area contributed by atoms with Crippen LogP contribution in [0.25, 0.3) is 11.3 Å². The number of rotatable bonds is 5. The second kappa shape index (κ2) is 8.95. The highest BCUT2D eigenvalue weighted by Gasteiger charge is 2.22. The Balaban J connectivity index is 1.29. The monoisotopic (exact) mass is 402 g/mol. The maximum Gasteiger partial charge on any atom is 0.260 e. The van der Waals surface area contributed by atoms with E-state index < -0.39 is 0 Å². The number of amides is 1. The molecule has 0 aliphatic carbocycles. The molecule has 0 bridgehead atoms. The van der Waals surface area contributed by atoms with Gasteiger partial charge in [0.25, 0.3) is 5.91 Å². The lowest BCUT2D eigenvalue weighted by atomic mass is 10.1. The fraction of sp³-hybridized carbons (Fsp3) is 0.292. The summed E-state index contributed by atoms with van der Waals surface area (Å²) in [4.78, 5) is 16.6. The van der Waals surface area contributed by atoms with Crippen LogP contribution in [0.1, 0.15) is 11.1 Å². The first-order valence-corrected chi connectivity index (χ1v) is 10.2. The molecule has 1 saturated heterocycles. The lowest BCUT2D eigenvalue weighted by molar-refractivity contribution is -0.133. The number of piperazine rings is 1. The average molecular weight is 402 g/mol. The second-order valence-corrected chi connectivity index (χ2v) is 7.62. The van der Waals surface area contributed by atoms with Crippen molar-refractivity contribution in [2.45, 2.75) is 13.8 Å². The van der Waals surface area contributed by atoms with Gasteiger partial charge >= 0.3 is 0 Å². The number of ether oxygens (including phenoxy) is 1. The number of hydrogen-bond acceptors (Lipinski definition) is 5. The molecule has 154 valence electrons. The third-order valence-electron chi connectivity index (χ3n) is 5.23. The van der Waals surface area contributed by atoms with Crippen LogP contribution in [-0.2, 0) is 4.79 Å². The lowest BCUT2D eigenvalue weighted by Gasteiger charge is -2.35. The molecule has 30 heavy (non-hydrogen) atoms. The Morgan fingerprint density at radius 1 is 0.900 bits per heavy atom. The number of carbonyl (C=O) groups excluding carboxylic acids is 1. The molecule has 1 fully saturated rings. The van der Waals surface area contributed by atoms with Gasteiger partial charge in [0.15, 0.2) is 12.4 Å². The number of hydrogen-bond donors (Lipinski definition) is 0. The zero-order valence-electron chi connectivity index (χ0n) is 17.4. The SMILES string of the molecule is Cc1cc(C)cc(OCC(=O)N2CCN(c3ccc(-c4ccccc4)nn3)CC2)c1. The second-order valence-electron chi connectivity index (χ2n) is 7.62. The van der Waals surface area contributed by atoms with E-state index in [4.69, 9.17) is 4.74 Å². The fourth-order valence-corrected chi connectivity index (χ4v) is 3.69. The molecule has 1 amide bonds. The van der Waals surface area contributed by atoms with E-state index in [0.717, 1.165) is 47.0 Å². The first-order valence-electron chi connectivity index (χ1n) is 10.2. The number of carbonyl (C=O) groups is 1. The van der Waals surface area contributed by atoms with E-state index in [0.29, 0.717) is 13.1 Å². The zero-order valence-corrected chi connectivity index (χ0v) is 17.4. The normalized spacial score (nSPS) is 13.9. The van der Waals surface area contributed by atoms with E-state index in [1.807, 2.05) is 73.3 Å². The van der Waals surface area contributed by atoms with Gasteiger partial charge in [-0.15, -0.1) is 10.2 Å². The molecule has 6 heteroatoms. The van der Waals surface area contributed by atoms with Crippen molar-refractivity contribution < 1.29 is 9.53 Å². The number of anilines is 1. The van der Waals surface area contributed by atoms with Crippen LogP contribution in [0.2, 0.25) is 0 Å². The van der Waals surface area contributed by atoms with Gasteiger partial charge in [0.2, 0.25) is 0 Å². The summed E-state index contributed by atoms with van der Waals surface area (Å²) in [7, 11) is 0. The van der Waals surface area contributed by atoms with Gasteiger partial charge in [-0.05, 0) is 49.2 Å². The first-order chi connectivity index (χ1) is 14.6. The van der Waals surface area contributed by atoms with Gasteiger partial charge in [-0.25, -0.2) is 0 Å². The van der Waals surface area contributed by atoms with Crippen LogP contribution in [0.15, 0.2) is 60.7 Å². The van der Waals surface area contributed by atoms with Crippen molar-refractivity contribution in [3.8, 4) is 17.0 Å². The summed E-state index contributed by atoms with van der Waals surface area (Å²) in [6.07, 6.45) is 0. The molecule has 0 spiro atoms. The van der Waals surface area contributed by atoms with Crippen LogP contribution in [0.5, 0.6) is 5.75 Å². The quantitative estimate of drug-likeness (QED) is 0.654. The van der Waals surface area contributed by atoms with Crippen molar-refractivity contribution in [1.29, 1.82) is 0 Å². The Kier molecular flexibility index (Phi) is 5.93. The molecule has 4 rings (SSSR count). The van der Waals surface area contributed by atoms with Gasteiger partial charge in [-0.2, -0.15) is 0 Å². The van der Waals surface area contributed by atoms with Crippen molar-refractivity contribution in [2.75, 3.05) is 37.7 Å². The number of benzene rings is 2. The highest BCUT2D eigenvalue weighted by molar-refractivity contribution is 5.78. The molecular formula is C24H26N4O2. The smallest absolute Gasteiger partial charge is 0.260 e. The molecule has 0 radical (unpaired) electrons. The van der Waals surface area contributed by atoms with Crippen molar-refractivity contribution in [2.24, 2.45) is 0 Å². The summed E-state index contributed by atoms with van der Waals surface area (Å²) in [5.74, 6) is 1.60. The van der Waals surface area contributed by atoms with Crippen LogP contribution in [0.3, 0.4) is 0 Å². The molecule has 3 aromatic rings. The minimum absolute atomic E-state index is 0.0133. The highest BCUT2D eigenvalue weighted by atomic mass is 16.5. The number of aryl methyl sites for hydroxylation is 2. The average Bonchev–Trinajstić information content (AvgIpc) is 2.78. The van der Waals surface area contributed by atoms with Crippen LogP contribution in [-0.4, -0.2) is 53.8 Å². The van der Waals surface area contributed by atoms with Crippen molar-refractivity contribution in [3.05, 3.63) is 71.8 Å². The van der Waals surface area contributed by atoms with Gasteiger partial charge in [-0.3, -0.25) is 4.79 Å². The fourth-order valence-electron chi connectivity index (χ4n) is 3.69. The Morgan fingerprint density at radius 2 is 1.60 bits per heavy atom. The van der Waals surface area contributed by atoms with Crippen molar-refractivity contribution in [1.82, 2.24) is 15.1 Å². The summed E-state index contributed by atoms with van der Waals surface area (Å²) in [5, 5.41) is 8.75. The summed E-state index contributed by atoms with van der Waals surface area (Å²) < 4.78 is 5.72. The largest absolute Gasteiger partial charge is 0.484 e. The molecule has 0 unspecified atom stereocenters. The Bertz CT molecular complexity index is 977. The summed E-state index contributed by atoms with van der Waals surface area (Å²) >= 11 is 0. The molecule has 6 nitrogen and oxygen atoms in total. The van der Waals surface area contributed by atoms with Gasteiger partial charge in [0.05, 0.1) is 5.69 Å². The van der Waals surface area contributed by atoms with E-state index in [-0.39, 0.29) is 12.5 Å². The van der Waals surface area contributed by atoms with E-state index in [9.17, 15) is 4.79 Å². The molecule has 2 aromatic carbocycles. The Hall–Kier alpha value is -3.41. The molecular weight excluding hydrogens is 376 g/mol. The molecule has 1 aliphatic rings. The van der Waals surface area contributed by atoms with E-state index in [2.05, 4.69) is 21.2 Å². The number of nitrogens with zero attached hydrogens (tertiary/aromatic N) is 4. The van der Waals surface area contributed by atoms with Crippen LogP contribution >= 0.6 is 0 Å². The third-order valence-corrected chi connectivity index (χ3v) is 5.23. The Labute approximate surface area is 177 Å². The molecule has 1 aromatic heterocycles. The van der Waals surface area contributed by atoms with Crippen LogP contribution in [0.4, 0.5) is 5.82 Å². The maximum absolute atomic E-state index is 12.5. The first kappa shape index (κ1) is 19.9. The van der Waals surface area contributed by atoms with Gasteiger partial charge in [0.1, 0.15) is 5.75 Å². The van der Waals surface area contributed by atoms with E-state index >= 15 is 0 Å². The summed E-state index contributed by atoms with van der Waals surface area (Å²) in [5.41, 5.74) is 4.17. The van der Waals surface area contributed by atoms with Crippen molar-refractivity contribution >= 4 is 11.7 Å². The molecule has 0 saturated carbocycles. The minimum atomic E-state index is 0.0133. The minimum Gasteiger partial charge on any atom is -0.484 e. The maximum atomic E-state index is 12.5. The van der Waals surface area contributed by atoms with E-state index in [1.54, 1.807) is 0 Å². The Morgan fingerprint density at radius 3 is 2.23 bits per heavy atom. The standard InChI is InChI=1S/C24H26N4O2/c1-18-14-19(2)16-21(15-18)30-17-24(29)28-12-10-27(11-13-28)23-9-8-22(25-26-23)20-6-4-3-5-7-20/h3-9,14-16H,10-13,17H2,1-2H3. The molecule has 1 aliphatic heterocycles. The van der Waals surface area contributed by atoms with Gasteiger partial charge in [0, 0.05) is 31.7 Å². The summed E-state index contributed by atoms with van der Waals surface area (Å²) in [6, 6.07) is 20.0. The predicted molar refractivity (Wildman–Crippen MR) is 118 cm³/mol. The van der Waals surface area contributed by atoms with Gasteiger partial charge < -0.3 is 14.5 Å². The van der Waals surface area contributed by atoms with Gasteiger partial charge in [-0.1, -0.05) is 36.4 Å². The third kappa shape index (κ3) is 4.76. The molecule has 0 atom stereocenters. The topological polar surface area (TPSA) is 58.6 Å².